The molecule has 0 amide bonds. The maximum atomic E-state index is 13.1. The number of hydrogen-bond acceptors (Lipinski definition) is 2. The summed E-state index contributed by atoms with van der Waals surface area (Å²) in [7, 11) is 1.81. The van der Waals surface area contributed by atoms with E-state index in [0.717, 1.165) is 6.07 Å². The molecule has 1 aromatic rings. The van der Waals surface area contributed by atoms with Crippen LogP contribution < -0.4 is 10.1 Å². The molecule has 0 atom stereocenters. The first-order valence-electron chi connectivity index (χ1n) is 5.33. The Balaban J connectivity index is 2.96. The van der Waals surface area contributed by atoms with Gasteiger partial charge in [-0.05, 0) is 45.5 Å². The van der Waals surface area contributed by atoms with Crippen molar-refractivity contribution in [2.45, 2.75) is 26.4 Å². The van der Waals surface area contributed by atoms with E-state index in [9.17, 15) is 8.78 Å². The first kappa shape index (κ1) is 12.9. The van der Waals surface area contributed by atoms with Gasteiger partial charge < -0.3 is 10.1 Å². The van der Waals surface area contributed by atoms with Gasteiger partial charge >= 0.3 is 0 Å². The predicted molar refractivity (Wildman–Crippen MR) is 59.8 cm³/mol. The first-order chi connectivity index (χ1) is 7.54. The molecule has 0 saturated heterocycles. The fourth-order valence-corrected chi connectivity index (χ4v) is 1.39. The van der Waals surface area contributed by atoms with Gasteiger partial charge in [-0.15, -0.1) is 0 Å². The third kappa shape index (κ3) is 3.45. The first-order valence-corrected chi connectivity index (χ1v) is 5.33. The van der Waals surface area contributed by atoms with Crippen LogP contribution in [0.25, 0.3) is 0 Å². The average molecular weight is 229 g/mol. The van der Waals surface area contributed by atoms with Gasteiger partial charge in [0.2, 0.25) is 0 Å². The van der Waals surface area contributed by atoms with Crippen LogP contribution in [0.5, 0.6) is 5.75 Å². The molecule has 0 spiro atoms. The number of hydrogen-bond donors (Lipinski definition) is 1. The quantitative estimate of drug-likeness (QED) is 0.837. The third-order valence-corrected chi connectivity index (χ3v) is 2.11. The number of nitrogens with one attached hydrogen (secondary N) is 1. The molecular weight excluding hydrogens is 212 g/mol. The molecule has 0 saturated carbocycles. The van der Waals surface area contributed by atoms with Crippen LogP contribution >= 0.6 is 0 Å². The number of ether oxygens (including phenoxy) is 1. The molecule has 0 bridgehead atoms. The summed E-state index contributed by atoms with van der Waals surface area (Å²) in [6.07, 6.45) is 0.550. The Morgan fingerprint density at radius 1 is 1.25 bits per heavy atom. The Hall–Kier alpha value is -1.16. The topological polar surface area (TPSA) is 21.3 Å². The van der Waals surface area contributed by atoms with Gasteiger partial charge in [0.25, 0.3) is 0 Å². The van der Waals surface area contributed by atoms with Crippen LogP contribution in [0.4, 0.5) is 8.78 Å². The Labute approximate surface area is 94.6 Å². The average Bonchev–Trinajstić information content (AvgIpc) is 2.20. The molecule has 1 aromatic carbocycles. The molecule has 0 unspecified atom stereocenters. The van der Waals surface area contributed by atoms with Crippen LogP contribution in [0.3, 0.4) is 0 Å². The molecule has 4 heteroatoms. The summed E-state index contributed by atoms with van der Waals surface area (Å²) in [5, 5.41) is 2.96. The normalized spacial score (nSPS) is 10.9. The Bertz CT molecular complexity index is 353. The van der Waals surface area contributed by atoms with Crippen molar-refractivity contribution in [3.63, 3.8) is 0 Å². The minimum atomic E-state index is -0.871. The highest BCUT2D eigenvalue weighted by atomic mass is 19.2. The molecule has 0 aliphatic carbocycles. The maximum Gasteiger partial charge on any atom is 0.162 e. The molecule has 16 heavy (non-hydrogen) atoms. The monoisotopic (exact) mass is 229 g/mol. The second-order valence-electron chi connectivity index (χ2n) is 3.89. The second-order valence-corrected chi connectivity index (χ2v) is 3.89. The largest absolute Gasteiger partial charge is 0.491 e. The lowest BCUT2D eigenvalue weighted by Crippen LogP contribution is -2.13. The summed E-state index contributed by atoms with van der Waals surface area (Å²) in [5.74, 6) is -1.28. The maximum absolute atomic E-state index is 13.1. The molecule has 0 aliphatic heterocycles. The standard InChI is InChI=1S/C12H17F2NO/c1-8(2)16-12-7-11(14)10(13)6-9(12)4-5-15-3/h6-8,15H,4-5H2,1-3H3. The summed E-state index contributed by atoms with van der Waals surface area (Å²) < 4.78 is 31.6. The van der Waals surface area contributed by atoms with E-state index in [1.165, 1.54) is 6.07 Å². The van der Waals surface area contributed by atoms with Gasteiger partial charge in [-0.1, -0.05) is 0 Å². The number of likely N-dealkylation sites (N-methyl/N-ethyl adjacent to an activating group) is 1. The molecule has 0 aliphatic rings. The van der Waals surface area contributed by atoms with Crippen molar-refractivity contribution in [2.24, 2.45) is 0 Å². The minimum Gasteiger partial charge on any atom is -0.491 e. The van der Waals surface area contributed by atoms with E-state index < -0.39 is 11.6 Å². The highest BCUT2D eigenvalue weighted by Gasteiger charge is 2.11. The summed E-state index contributed by atoms with van der Waals surface area (Å²) in [5.41, 5.74) is 0.682. The van der Waals surface area contributed by atoms with Gasteiger partial charge in [0.1, 0.15) is 5.75 Å². The Kier molecular flexibility index (Phi) is 4.68. The van der Waals surface area contributed by atoms with E-state index in [-0.39, 0.29) is 6.10 Å². The van der Waals surface area contributed by atoms with Crippen LogP contribution in [-0.4, -0.2) is 19.7 Å². The fourth-order valence-electron chi connectivity index (χ4n) is 1.39. The van der Waals surface area contributed by atoms with Crippen LogP contribution in [0.2, 0.25) is 0 Å². The van der Waals surface area contributed by atoms with Crippen molar-refractivity contribution in [1.82, 2.24) is 5.32 Å². The number of benzene rings is 1. The third-order valence-electron chi connectivity index (χ3n) is 2.11. The zero-order chi connectivity index (χ0) is 12.1. The molecule has 0 heterocycles. The van der Waals surface area contributed by atoms with Crippen LogP contribution in [0, 0.1) is 11.6 Å². The van der Waals surface area contributed by atoms with Crippen molar-refractivity contribution in [2.75, 3.05) is 13.6 Å². The van der Waals surface area contributed by atoms with Crippen LogP contribution in [0.1, 0.15) is 19.4 Å². The number of rotatable bonds is 5. The zero-order valence-electron chi connectivity index (χ0n) is 9.81. The molecule has 90 valence electrons. The molecule has 1 rings (SSSR count). The molecule has 0 radical (unpaired) electrons. The van der Waals surface area contributed by atoms with E-state index >= 15 is 0 Å². The molecule has 2 nitrogen and oxygen atoms in total. The van der Waals surface area contributed by atoms with Gasteiger partial charge in [0.05, 0.1) is 6.10 Å². The smallest absolute Gasteiger partial charge is 0.162 e. The van der Waals surface area contributed by atoms with E-state index in [1.807, 2.05) is 20.9 Å². The highest BCUT2D eigenvalue weighted by Crippen LogP contribution is 2.23. The highest BCUT2D eigenvalue weighted by molar-refractivity contribution is 5.35. The van der Waals surface area contributed by atoms with Gasteiger partial charge in [-0.2, -0.15) is 0 Å². The van der Waals surface area contributed by atoms with Gasteiger partial charge in [0, 0.05) is 6.07 Å². The molecule has 1 N–H and O–H groups in total. The molecular formula is C12H17F2NO. The van der Waals surface area contributed by atoms with Crippen molar-refractivity contribution in [3.8, 4) is 5.75 Å². The number of halogens is 2. The lowest BCUT2D eigenvalue weighted by Gasteiger charge is -2.14. The second kappa shape index (κ2) is 5.80. The Morgan fingerprint density at radius 2 is 1.88 bits per heavy atom. The van der Waals surface area contributed by atoms with E-state index in [0.29, 0.717) is 24.3 Å². The minimum absolute atomic E-state index is 0.0572. The van der Waals surface area contributed by atoms with E-state index in [2.05, 4.69) is 5.32 Å². The van der Waals surface area contributed by atoms with Gasteiger partial charge in [-0.3, -0.25) is 0 Å². The Morgan fingerprint density at radius 3 is 2.44 bits per heavy atom. The fraction of sp³-hybridized carbons (Fsp3) is 0.500. The lowest BCUT2D eigenvalue weighted by atomic mass is 10.1. The van der Waals surface area contributed by atoms with Crippen molar-refractivity contribution < 1.29 is 13.5 Å². The van der Waals surface area contributed by atoms with E-state index in [1.54, 1.807) is 0 Å². The lowest BCUT2D eigenvalue weighted by molar-refractivity contribution is 0.238. The summed E-state index contributed by atoms with van der Waals surface area (Å²) in [4.78, 5) is 0. The van der Waals surface area contributed by atoms with Crippen LogP contribution in [-0.2, 0) is 6.42 Å². The summed E-state index contributed by atoms with van der Waals surface area (Å²) >= 11 is 0. The zero-order valence-corrected chi connectivity index (χ0v) is 9.81. The van der Waals surface area contributed by atoms with Crippen molar-refractivity contribution in [1.29, 1.82) is 0 Å². The van der Waals surface area contributed by atoms with Crippen LogP contribution in [0.15, 0.2) is 12.1 Å². The SMILES string of the molecule is CNCCc1cc(F)c(F)cc1OC(C)C. The predicted octanol–water partition coefficient (Wildman–Crippen LogP) is 2.51. The molecule has 0 fully saturated rings. The van der Waals surface area contributed by atoms with Crippen molar-refractivity contribution >= 4 is 0 Å². The summed E-state index contributed by atoms with van der Waals surface area (Å²) in [6.45, 7) is 4.39. The van der Waals surface area contributed by atoms with E-state index in [4.69, 9.17) is 4.74 Å². The van der Waals surface area contributed by atoms with Gasteiger partial charge in [0.15, 0.2) is 11.6 Å². The van der Waals surface area contributed by atoms with Gasteiger partial charge in [-0.25, -0.2) is 8.78 Å². The molecule has 0 aromatic heterocycles. The van der Waals surface area contributed by atoms with Crippen molar-refractivity contribution in [3.05, 3.63) is 29.3 Å². The summed E-state index contributed by atoms with van der Waals surface area (Å²) in [6, 6.07) is 2.31.